The number of nitriles is 1. The van der Waals surface area contributed by atoms with Crippen LogP contribution in [0.15, 0.2) is 35.1 Å². The van der Waals surface area contributed by atoms with Crippen LogP contribution < -0.4 is 5.32 Å². The van der Waals surface area contributed by atoms with Crippen LogP contribution in [0.4, 0.5) is 0 Å². The molecule has 0 fully saturated rings. The van der Waals surface area contributed by atoms with Crippen LogP contribution in [0.5, 0.6) is 0 Å². The quantitative estimate of drug-likeness (QED) is 0.526. The molecule has 0 saturated carbocycles. The third-order valence-electron chi connectivity index (χ3n) is 2.06. The second-order valence-corrected chi connectivity index (χ2v) is 2.99. The van der Waals surface area contributed by atoms with Gasteiger partial charge in [-0.15, -0.1) is 0 Å². The highest BCUT2D eigenvalue weighted by Gasteiger charge is 2.17. The molecule has 0 bridgehead atoms. The number of methoxy groups -OCH3 is 1. The Morgan fingerprint density at radius 3 is 2.69 bits per heavy atom. The van der Waals surface area contributed by atoms with Gasteiger partial charge in [-0.2, -0.15) is 5.26 Å². The van der Waals surface area contributed by atoms with Crippen molar-refractivity contribution in [3.63, 3.8) is 0 Å². The largest absolute Gasteiger partial charge is 0.464 e. The summed E-state index contributed by atoms with van der Waals surface area (Å²) in [6, 6.07) is 1.93. The van der Waals surface area contributed by atoms with Crippen molar-refractivity contribution < 1.29 is 9.53 Å². The zero-order chi connectivity index (χ0) is 12.1. The van der Waals surface area contributed by atoms with E-state index in [0.717, 1.165) is 0 Å². The van der Waals surface area contributed by atoms with Gasteiger partial charge in [0.15, 0.2) is 0 Å². The van der Waals surface area contributed by atoms with Crippen LogP contribution in [0, 0.1) is 16.7 Å². The molecule has 5 nitrogen and oxygen atoms in total. The fourth-order valence-electron chi connectivity index (χ4n) is 1.28. The van der Waals surface area contributed by atoms with E-state index in [2.05, 4.69) is 10.1 Å². The van der Waals surface area contributed by atoms with Gasteiger partial charge in [0.25, 0.3) is 0 Å². The van der Waals surface area contributed by atoms with Gasteiger partial charge in [-0.25, -0.2) is 4.79 Å². The molecule has 1 aliphatic carbocycles. The molecule has 0 aromatic rings. The average molecular weight is 217 g/mol. The SMILES string of the molecule is CN/C(C(=O)OC)=C1/C=CC(C#N)=CC1=N. The van der Waals surface area contributed by atoms with Crippen molar-refractivity contribution in [2.75, 3.05) is 14.2 Å². The molecule has 0 radical (unpaired) electrons. The number of carbonyl (C=O) groups is 1. The number of hydrogen-bond acceptors (Lipinski definition) is 5. The lowest BCUT2D eigenvalue weighted by atomic mass is 9.99. The summed E-state index contributed by atoms with van der Waals surface area (Å²) < 4.78 is 4.58. The molecular weight excluding hydrogens is 206 g/mol. The number of allylic oxidation sites excluding steroid dienone is 5. The lowest BCUT2D eigenvalue weighted by Crippen LogP contribution is -2.22. The summed E-state index contributed by atoms with van der Waals surface area (Å²) in [5, 5.41) is 19.0. The number of esters is 1. The van der Waals surface area contributed by atoms with Crippen LogP contribution in [-0.4, -0.2) is 25.8 Å². The van der Waals surface area contributed by atoms with E-state index in [0.29, 0.717) is 11.1 Å². The van der Waals surface area contributed by atoms with Gasteiger partial charge in [-0.3, -0.25) is 0 Å². The Bertz CT molecular complexity index is 464. The zero-order valence-electron chi connectivity index (χ0n) is 9.00. The molecular formula is C11H11N3O2. The maximum Gasteiger partial charge on any atom is 0.354 e. The molecule has 0 saturated heterocycles. The number of nitrogens with zero attached hydrogens (tertiary/aromatic N) is 1. The molecule has 0 aromatic carbocycles. The first-order valence-corrected chi connectivity index (χ1v) is 4.53. The van der Waals surface area contributed by atoms with Crippen molar-refractivity contribution in [1.82, 2.24) is 5.32 Å². The van der Waals surface area contributed by atoms with Crippen molar-refractivity contribution in [2.24, 2.45) is 0 Å². The van der Waals surface area contributed by atoms with Crippen LogP contribution in [-0.2, 0) is 9.53 Å². The van der Waals surface area contributed by atoms with Crippen LogP contribution >= 0.6 is 0 Å². The van der Waals surface area contributed by atoms with E-state index in [4.69, 9.17) is 10.7 Å². The first-order valence-electron chi connectivity index (χ1n) is 4.53. The molecule has 2 N–H and O–H groups in total. The molecule has 0 aliphatic heterocycles. The highest BCUT2D eigenvalue weighted by atomic mass is 16.5. The Kier molecular flexibility index (Phi) is 3.62. The lowest BCUT2D eigenvalue weighted by molar-refractivity contribution is -0.136. The second-order valence-electron chi connectivity index (χ2n) is 2.99. The first-order chi connectivity index (χ1) is 7.63. The van der Waals surface area contributed by atoms with E-state index in [9.17, 15) is 4.79 Å². The maximum atomic E-state index is 11.4. The molecule has 0 unspecified atom stereocenters. The molecule has 0 aromatic heterocycles. The molecule has 5 heteroatoms. The number of hydrogen-bond donors (Lipinski definition) is 2. The summed E-state index contributed by atoms with van der Waals surface area (Å²) in [6.45, 7) is 0. The van der Waals surface area contributed by atoms with E-state index in [1.807, 2.05) is 6.07 Å². The zero-order valence-corrected chi connectivity index (χ0v) is 9.00. The normalized spacial score (nSPS) is 17.3. The number of likely N-dealkylation sites (N-methyl/N-ethyl adjacent to an activating group) is 1. The molecule has 0 amide bonds. The molecule has 16 heavy (non-hydrogen) atoms. The van der Waals surface area contributed by atoms with E-state index in [1.54, 1.807) is 19.2 Å². The standard InChI is InChI=1S/C11H11N3O2/c1-14-10(11(15)16-2)8-4-3-7(6-12)5-9(8)13/h3-5,13-14H,1-2H3/b10-8-,13-9?. The number of rotatable bonds is 2. The summed E-state index contributed by atoms with van der Waals surface area (Å²) in [5.41, 5.74) is 1.10. The van der Waals surface area contributed by atoms with Gasteiger partial charge in [-0.05, 0) is 18.2 Å². The van der Waals surface area contributed by atoms with Crippen LogP contribution in [0.3, 0.4) is 0 Å². The summed E-state index contributed by atoms with van der Waals surface area (Å²) in [6.07, 6.45) is 4.49. The van der Waals surface area contributed by atoms with Gasteiger partial charge in [0.05, 0.1) is 24.5 Å². The van der Waals surface area contributed by atoms with Crippen molar-refractivity contribution >= 4 is 11.7 Å². The molecule has 0 atom stereocenters. The number of ether oxygens (including phenoxy) is 1. The predicted octanol–water partition coefficient (Wildman–Crippen LogP) is 0.672. The fourth-order valence-corrected chi connectivity index (χ4v) is 1.28. The van der Waals surface area contributed by atoms with Gasteiger partial charge in [-0.1, -0.05) is 0 Å². The first kappa shape index (κ1) is 11.7. The Hall–Kier alpha value is -2.35. The minimum absolute atomic E-state index is 0.105. The van der Waals surface area contributed by atoms with E-state index >= 15 is 0 Å². The predicted molar refractivity (Wildman–Crippen MR) is 58.7 cm³/mol. The highest BCUT2D eigenvalue weighted by molar-refractivity contribution is 6.14. The molecule has 0 spiro atoms. The summed E-state index contributed by atoms with van der Waals surface area (Å²) in [4.78, 5) is 11.4. The third-order valence-corrected chi connectivity index (χ3v) is 2.06. The van der Waals surface area contributed by atoms with Gasteiger partial charge in [0, 0.05) is 12.6 Å². The highest BCUT2D eigenvalue weighted by Crippen LogP contribution is 2.15. The smallest absolute Gasteiger partial charge is 0.354 e. The van der Waals surface area contributed by atoms with Gasteiger partial charge < -0.3 is 15.5 Å². The second kappa shape index (κ2) is 4.94. The van der Waals surface area contributed by atoms with Gasteiger partial charge >= 0.3 is 5.97 Å². The van der Waals surface area contributed by atoms with E-state index < -0.39 is 5.97 Å². The lowest BCUT2D eigenvalue weighted by Gasteiger charge is -2.12. The van der Waals surface area contributed by atoms with Crippen LogP contribution in [0.1, 0.15) is 0 Å². The molecule has 0 heterocycles. The van der Waals surface area contributed by atoms with Gasteiger partial charge in [0.1, 0.15) is 5.70 Å². The molecule has 82 valence electrons. The van der Waals surface area contributed by atoms with Gasteiger partial charge in [0.2, 0.25) is 0 Å². The van der Waals surface area contributed by atoms with Crippen molar-refractivity contribution in [2.45, 2.75) is 0 Å². The monoisotopic (exact) mass is 217 g/mol. The third kappa shape index (κ3) is 2.17. The van der Waals surface area contributed by atoms with Crippen molar-refractivity contribution in [3.8, 4) is 6.07 Å². The fraction of sp³-hybridized carbons (Fsp3) is 0.182. The average Bonchev–Trinajstić information content (AvgIpc) is 2.31. The minimum atomic E-state index is -0.541. The van der Waals surface area contributed by atoms with E-state index in [-0.39, 0.29) is 11.4 Å². The Morgan fingerprint density at radius 2 is 2.25 bits per heavy atom. The Morgan fingerprint density at radius 1 is 1.56 bits per heavy atom. The molecule has 1 rings (SSSR count). The van der Waals surface area contributed by atoms with E-state index in [1.165, 1.54) is 13.2 Å². The summed E-state index contributed by atoms with van der Waals surface area (Å²) in [5.74, 6) is -0.541. The van der Waals surface area contributed by atoms with Crippen molar-refractivity contribution in [1.29, 1.82) is 10.7 Å². The van der Waals surface area contributed by atoms with Crippen molar-refractivity contribution in [3.05, 3.63) is 35.1 Å². The topological polar surface area (TPSA) is 86.0 Å². The minimum Gasteiger partial charge on any atom is -0.464 e. The molecule has 1 aliphatic rings. The number of carbonyl (C=O) groups excluding carboxylic acids is 1. The maximum absolute atomic E-state index is 11.4. The van der Waals surface area contributed by atoms with Crippen LogP contribution in [0.25, 0.3) is 0 Å². The number of nitrogens with one attached hydrogen (secondary N) is 2. The Labute approximate surface area is 93.2 Å². The summed E-state index contributed by atoms with van der Waals surface area (Å²) >= 11 is 0. The Balaban J connectivity index is 3.17. The van der Waals surface area contributed by atoms with Crippen LogP contribution in [0.2, 0.25) is 0 Å². The summed E-state index contributed by atoms with van der Waals surface area (Å²) in [7, 11) is 2.84.